The summed E-state index contributed by atoms with van der Waals surface area (Å²) in [6.45, 7) is 3.28. The minimum absolute atomic E-state index is 0.00869. The molecule has 1 aromatic heterocycles. The van der Waals surface area contributed by atoms with Gasteiger partial charge in [0.25, 0.3) is 5.91 Å². The Hall–Kier alpha value is -4.75. The number of carbonyl (C=O) groups is 4. The van der Waals surface area contributed by atoms with Gasteiger partial charge in [0.1, 0.15) is 41.0 Å². The van der Waals surface area contributed by atoms with Crippen LogP contribution < -0.4 is 24.8 Å². The number of fused-ring (bicyclic) bond motifs is 3. The van der Waals surface area contributed by atoms with E-state index < -0.39 is 98.4 Å². The van der Waals surface area contributed by atoms with Crippen LogP contribution in [0.5, 0.6) is 11.8 Å². The van der Waals surface area contributed by atoms with E-state index in [4.69, 9.17) is 14.2 Å². The molecule has 1 aromatic carbocycles. The van der Waals surface area contributed by atoms with Crippen LogP contribution in [0.4, 0.5) is 26.7 Å². The molecule has 0 spiro atoms. The predicted molar refractivity (Wildman–Crippen MR) is 202 cm³/mol. The third kappa shape index (κ3) is 8.92. The average Bonchev–Trinajstić information content (AvgIpc) is 4.05. The minimum atomic E-state index is -4.95. The van der Waals surface area contributed by atoms with Gasteiger partial charge in [-0.1, -0.05) is 26.0 Å². The van der Waals surface area contributed by atoms with E-state index in [9.17, 15) is 49.5 Å². The topological polar surface area (TPSA) is 182 Å². The van der Waals surface area contributed by atoms with Crippen molar-refractivity contribution in [3.05, 3.63) is 42.2 Å². The highest BCUT2D eigenvalue weighted by molar-refractivity contribution is 7.91. The lowest BCUT2D eigenvalue weighted by atomic mass is 9.88. The maximum Gasteiger partial charge on any atom is 0.427 e. The summed E-state index contributed by atoms with van der Waals surface area (Å²) in [7, 11) is -3.15. The van der Waals surface area contributed by atoms with Crippen LogP contribution in [0.15, 0.2) is 36.4 Å². The van der Waals surface area contributed by atoms with Gasteiger partial charge in [0.05, 0.1) is 13.7 Å². The first-order valence-electron chi connectivity index (χ1n) is 19.3. The number of benzene rings is 1. The molecule has 7 unspecified atom stereocenters. The number of alkyl halides is 4. The molecule has 0 radical (unpaired) electrons. The molecule has 4 aliphatic rings. The molecule has 59 heavy (non-hydrogen) atoms. The Bertz CT molecular complexity index is 2130. The monoisotopic (exact) mass is 857 g/mol. The first-order chi connectivity index (χ1) is 27.5. The number of allylic oxidation sites excluding steroid dienone is 1. The van der Waals surface area contributed by atoms with Crippen LogP contribution >= 0.6 is 0 Å². The fraction of sp³-hybridized carbons (Fsp3) is 0.615. The lowest BCUT2D eigenvalue weighted by Crippen LogP contribution is -2.60. The lowest BCUT2D eigenvalue weighted by molar-refractivity contribution is -0.244. The van der Waals surface area contributed by atoms with Crippen molar-refractivity contribution in [1.29, 1.82) is 0 Å². The van der Waals surface area contributed by atoms with Crippen molar-refractivity contribution in [1.82, 2.24) is 25.2 Å². The van der Waals surface area contributed by atoms with Crippen LogP contribution in [0.25, 0.3) is 10.8 Å². The second-order valence-electron chi connectivity index (χ2n) is 16.7. The third-order valence-electron chi connectivity index (χ3n) is 11.8. The summed E-state index contributed by atoms with van der Waals surface area (Å²) in [4.78, 5) is 61.7. The zero-order valence-electron chi connectivity index (χ0n) is 33.2. The van der Waals surface area contributed by atoms with Crippen LogP contribution in [0.1, 0.15) is 72.6 Å². The number of amides is 4. The molecular weight excluding hydrogens is 810 g/mol. The fourth-order valence-electron chi connectivity index (χ4n) is 7.72. The van der Waals surface area contributed by atoms with Gasteiger partial charge in [-0.3, -0.25) is 19.1 Å². The molecule has 2 aliphatic carbocycles. The van der Waals surface area contributed by atoms with E-state index >= 15 is 0 Å². The molecule has 4 amide bonds. The summed E-state index contributed by atoms with van der Waals surface area (Å²) in [5.74, 6) is -4.87. The maximum atomic E-state index is 14.7. The number of hydrogen-bond acceptors (Lipinski definition) is 10. The Labute approximate surface area is 338 Å². The average molecular weight is 858 g/mol. The van der Waals surface area contributed by atoms with E-state index in [1.807, 2.05) is 11.6 Å². The molecule has 3 N–H and O–H groups in total. The Kier molecular flexibility index (Phi) is 11.9. The highest BCUT2D eigenvalue weighted by Crippen LogP contribution is 2.48. The van der Waals surface area contributed by atoms with Gasteiger partial charge in [-0.2, -0.15) is 18.2 Å². The number of methoxy groups -OCH3 is 1. The number of carbonyl (C=O) groups excluding carboxylic acids is 4. The second-order valence-corrected chi connectivity index (χ2v) is 18.8. The molecule has 324 valence electrons. The quantitative estimate of drug-likeness (QED) is 0.229. The van der Waals surface area contributed by atoms with E-state index in [2.05, 4.69) is 15.6 Å². The highest BCUT2D eigenvalue weighted by Gasteiger charge is 2.64. The maximum absolute atomic E-state index is 14.7. The third-order valence-corrected chi connectivity index (χ3v) is 13.9. The molecule has 7 atom stereocenters. The summed E-state index contributed by atoms with van der Waals surface area (Å²) in [5, 5.41) is 5.72. The standard InChI is InChI=1S/C39H48F5N5O9S/c1-21-8-6-7-9-24-18-38(24,34(52)48-59(54,55)37(20-40)12-13-37)47-31(50)28-17-26(57-32-27-11-10-25(41)15-23(27)16-29(45-32)56-5)19-49(28)33(51)30(22(2)14-21)46-35(53)58-36(3,4)39(42,43)44/h7,9-11,15-16,21-22,24,26,28,30H,6,8,12-14,17-20H2,1-5H3,(H,46,53)(H,47,50)(H,48,52). The number of rotatable bonds is 9. The van der Waals surface area contributed by atoms with Crippen molar-refractivity contribution >= 4 is 44.6 Å². The number of halogens is 5. The van der Waals surface area contributed by atoms with Gasteiger partial charge >= 0.3 is 12.3 Å². The lowest BCUT2D eigenvalue weighted by Gasteiger charge is -2.34. The molecule has 1 saturated heterocycles. The number of hydrogen-bond donors (Lipinski definition) is 3. The van der Waals surface area contributed by atoms with Gasteiger partial charge in [0.2, 0.25) is 39.2 Å². The van der Waals surface area contributed by atoms with E-state index in [0.717, 1.165) is 4.90 Å². The Balaban J connectivity index is 1.37. The molecule has 6 rings (SSSR count). The van der Waals surface area contributed by atoms with Crippen LogP contribution in [-0.4, -0.2) is 103 Å². The van der Waals surface area contributed by atoms with E-state index in [1.165, 1.54) is 31.4 Å². The van der Waals surface area contributed by atoms with Gasteiger partial charge in [0, 0.05) is 23.8 Å². The zero-order valence-corrected chi connectivity index (χ0v) is 34.0. The van der Waals surface area contributed by atoms with Crippen molar-refractivity contribution in [2.45, 2.75) is 113 Å². The number of pyridine rings is 1. The van der Waals surface area contributed by atoms with Crippen LogP contribution in [-0.2, 0) is 29.1 Å². The molecule has 14 nitrogen and oxygen atoms in total. The Morgan fingerprint density at radius 1 is 1.10 bits per heavy atom. The van der Waals surface area contributed by atoms with E-state index in [1.54, 1.807) is 19.1 Å². The van der Waals surface area contributed by atoms with Gasteiger partial charge in [-0.25, -0.2) is 22.0 Å². The molecule has 3 fully saturated rings. The minimum Gasteiger partial charge on any atom is -0.481 e. The summed E-state index contributed by atoms with van der Waals surface area (Å²) >= 11 is 0. The molecule has 0 bridgehead atoms. The Morgan fingerprint density at radius 2 is 1.81 bits per heavy atom. The largest absolute Gasteiger partial charge is 0.481 e. The molecular formula is C39H48F5N5O9S. The van der Waals surface area contributed by atoms with Crippen molar-refractivity contribution in [3.8, 4) is 11.8 Å². The van der Waals surface area contributed by atoms with Crippen LogP contribution in [0, 0.1) is 23.6 Å². The van der Waals surface area contributed by atoms with Crippen molar-refractivity contribution < 1.29 is 63.8 Å². The summed E-state index contributed by atoms with van der Waals surface area (Å²) in [6.07, 6.45) is -2.95. The number of ether oxygens (including phenoxy) is 3. The molecule has 2 saturated carbocycles. The number of sulfonamides is 1. The molecule has 20 heteroatoms. The normalized spacial score (nSPS) is 28.6. The van der Waals surface area contributed by atoms with Gasteiger partial charge in [0.15, 0.2) is 0 Å². The SMILES string of the molecule is COc1cc2cc(F)ccc2c(OC2CC3C(=O)NC4(C(=O)NS(=O)(=O)C5(CF)CC5)CC4C=CCCC(C)CC(C)C(NC(=O)OC(C)(C)C(F)(F)F)C(=O)N3C2)n1. The summed E-state index contributed by atoms with van der Waals surface area (Å²) < 4.78 is 112. The van der Waals surface area contributed by atoms with Gasteiger partial charge in [-0.05, 0) is 87.8 Å². The molecule has 3 heterocycles. The summed E-state index contributed by atoms with van der Waals surface area (Å²) in [6, 6.07) is 2.33. The summed E-state index contributed by atoms with van der Waals surface area (Å²) in [5.41, 5.74) is -4.74. The van der Waals surface area contributed by atoms with E-state index in [-0.39, 0.29) is 49.9 Å². The zero-order chi connectivity index (χ0) is 43.3. The van der Waals surface area contributed by atoms with Crippen molar-refractivity contribution in [3.63, 3.8) is 0 Å². The van der Waals surface area contributed by atoms with Gasteiger partial charge < -0.3 is 29.7 Å². The van der Waals surface area contributed by atoms with Crippen LogP contribution in [0.2, 0.25) is 0 Å². The smallest absolute Gasteiger partial charge is 0.427 e. The number of nitrogens with zero attached hydrogens (tertiary/aromatic N) is 2. The first-order valence-corrected chi connectivity index (χ1v) is 20.8. The number of aromatic nitrogens is 1. The van der Waals surface area contributed by atoms with Gasteiger partial charge in [-0.15, -0.1) is 0 Å². The second kappa shape index (κ2) is 16.0. The van der Waals surface area contributed by atoms with Crippen molar-refractivity contribution in [2.75, 3.05) is 20.3 Å². The first kappa shape index (κ1) is 43.8. The van der Waals surface area contributed by atoms with E-state index in [0.29, 0.717) is 43.9 Å². The fourth-order valence-corrected chi connectivity index (χ4v) is 9.15. The Morgan fingerprint density at radius 3 is 2.46 bits per heavy atom. The highest BCUT2D eigenvalue weighted by atomic mass is 32.2. The van der Waals surface area contributed by atoms with Crippen molar-refractivity contribution in [2.24, 2.45) is 17.8 Å². The molecule has 2 aromatic rings. The number of alkyl carbamates (subject to hydrolysis) is 1. The molecule has 2 aliphatic heterocycles. The number of nitrogens with one attached hydrogen (secondary N) is 3. The van der Waals surface area contributed by atoms with Crippen LogP contribution in [0.3, 0.4) is 0 Å². The predicted octanol–water partition coefficient (Wildman–Crippen LogP) is 5.00.